The smallest absolute Gasteiger partial charge is 0.312 e. The van der Waals surface area contributed by atoms with Gasteiger partial charge in [-0.1, -0.05) is 110 Å². The summed E-state index contributed by atoms with van der Waals surface area (Å²) in [5.74, 6) is -2.03. The number of unbranched alkanes of at least 4 members (excludes halogenated alkanes) is 16. The van der Waals surface area contributed by atoms with Crippen LogP contribution >= 0.6 is 0 Å². The van der Waals surface area contributed by atoms with E-state index in [4.69, 9.17) is 19.3 Å². The van der Waals surface area contributed by atoms with E-state index < -0.39 is 29.4 Å². The van der Waals surface area contributed by atoms with Crippen LogP contribution in [-0.2, 0) is 33.4 Å². The summed E-state index contributed by atoms with van der Waals surface area (Å²) in [7, 11) is 0. The molecule has 0 spiro atoms. The number of rotatable bonds is 28. The van der Waals surface area contributed by atoms with E-state index in [0.717, 1.165) is 44.9 Å². The third-order valence-corrected chi connectivity index (χ3v) is 7.41. The summed E-state index contributed by atoms with van der Waals surface area (Å²) < 4.78 is 16.0. The van der Waals surface area contributed by atoms with Gasteiger partial charge in [0.2, 0.25) is 0 Å². The standard InChI is InChI=1S/C33H60O8/c1-5-6-7-8-9-10-11-12-13-14-15-18-21-24-31(37)40-27-29(26-39-28(2)34)41-32(38)33(3,4)25-22-19-16-17-20-23-30(35)36/h29H,5-27H2,1-4H3,(H,35,36). The van der Waals surface area contributed by atoms with Crippen LogP contribution < -0.4 is 0 Å². The van der Waals surface area contributed by atoms with Gasteiger partial charge in [-0.3, -0.25) is 19.2 Å². The molecule has 0 heterocycles. The molecule has 0 aromatic rings. The molecule has 0 fully saturated rings. The second kappa shape index (κ2) is 25.6. The minimum atomic E-state index is -0.850. The summed E-state index contributed by atoms with van der Waals surface area (Å²) in [5, 5.41) is 8.70. The van der Waals surface area contributed by atoms with E-state index in [1.165, 1.54) is 71.1 Å². The summed E-state index contributed by atoms with van der Waals surface area (Å²) in [4.78, 5) is 47.0. The van der Waals surface area contributed by atoms with Crippen molar-refractivity contribution in [3.8, 4) is 0 Å². The zero-order valence-corrected chi connectivity index (χ0v) is 26.6. The molecule has 1 N–H and O–H groups in total. The highest BCUT2D eigenvalue weighted by atomic mass is 16.6. The first kappa shape index (κ1) is 38.9. The van der Waals surface area contributed by atoms with Gasteiger partial charge in [0, 0.05) is 19.8 Å². The normalized spacial score (nSPS) is 12.1. The van der Waals surface area contributed by atoms with Gasteiger partial charge in [0.25, 0.3) is 0 Å². The molecule has 0 aromatic carbocycles. The molecule has 0 aliphatic carbocycles. The second-order valence-corrected chi connectivity index (χ2v) is 12.1. The fourth-order valence-electron chi connectivity index (χ4n) is 4.66. The van der Waals surface area contributed by atoms with E-state index in [-0.39, 0.29) is 25.6 Å². The third kappa shape index (κ3) is 25.3. The molecule has 0 radical (unpaired) electrons. The van der Waals surface area contributed by atoms with Crippen LogP contribution in [0.25, 0.3) is 0 Å². The topological polar surface area (TPSA) is 116 Å². The Labute approximate surface area is 249 Å². The summed E-state index contributed by atoms with van der Waals surface area (Å²) in [6.07, 6.45) is 20.5. The monoisotopic (exact) mass is 584 g/mol. The predicted octanol–water partition coefficient (Wildman–Crippen LogP) is 8.33. The highest BCUT2D eigenvalue weighted by molar-refractivity contribution is 5.76. The molecule has 0 aliphatic rings. The number of carbonyl (C=O) groups excluding carboxylic acids is 3. The van der Waals surface area contributed by atoms with E-state index in [1.807, 2.05) is 13.8 Å². The van der Waals surface area contributed by atoms with Crippen molar-refractivity contribution in [1.82, 2.24) is 0 Å². The zero-order chi connectivity index (χ0) is 30.8. The molecule has 8 nitrogen and oxygen atoms in total. The summed E-state index contributed by atoms with van der Waals surface area (Å²) >= 11 is 0. The Balaban J connectivity index is 4.17. The van der Waals surface area contributed by atoms with Crippen molar-refractivity contribution in [2.24, 2.45) is 5.41 Å². The molecule has 1 atom stereocenters. The quantitative estimate of drug-likeness (QED) is 0.0554. The number of carbonyl (C=O) groups is 4. The Bertz CT molecular complexity index is 703. The van der Waals surface area contributed by atoms with E-state index in [2.05, 4.69) is 6.92 Å². The molecule has 1 unspecified atom stereocenters. The van der Waals surface area contributed by atoms with Gasteiger partial charge in [0.15, 0.2) is 6.10 Å². The number of hydrogen-bond acceptors (Lipinski definition) is 7. The molecule has 0 aliphatic heterocycles. The molecule has 240 valence electrons. The lowest BCUT2D eigenvalue weighted by Gasteiger charge is -2.26. The predicted molar refractivity (Wildman–Crippen MR) is 162 cm³/mol. The maximum absolute atomic E-state index is 12.8. The van der Waals surface area contributed by atoms with Crippen LogP contribution in [0.4, 0.5) is 0 Å². The van der Waals surface area contributed by atoms with Crippen LogP contribution in [0.2, 0.25) is 0 Å². The number of carboxylic acid groups (broad SMARTS) is 1. The zero-order valence-electron chi connectivity index (χ0n) is 26.6. The highest BCUT2D eigenvalue weighted by Crippen LogP contribution is 2.27. The summed E-state index contributed by atoms with van der Waals surface area (Å²) in [6.45, 7) is 6.84. The van der Waals surface area contributed by atoms with Crippen LogP contribution in [0.1, 0.15) is 163 Å². The Hall–Kier alpha value is -2.12. The van der Waals surface area contributed by atoms with Gasteiger partial charge in [-0.15, -0.1) is 0 Å². The molecular formula is C33H60O8. The Morgan fingerprint density at radius 2 is 1.07 bits per heavy atom. The Morgan fingerprint density at radius 3 is 1.56 bits per heavy atom. The van der Waals surface area contributed by atoms with Crippen LogP contribution in [-0.4, -0.2) is 48.3 Å². The highest BCUT2D eigenvalue weighted by Gasteiger charge is 2.31. The van der Waals surface area contributed by atoms with E-state index in [9.17, 15) is 19.2 Å². The first-order valence-electron chi connectivity index (χ1n) is 16.3. The average molecular weight is 585 g/mol. The second-order valence-electron chi connectivity index (χ2n) is 12.1. The van der Waals surface area contributed by atoms with Gasteiger partial charge in [0.05, 0.1) is 5.41 Å². The lowest BCUT2D eigenvalue weighted by molar-refractivity contribution is -0.173. The maximum atomic E-state index is 12.8. The van der Waals surface area contributed by atoms with Crippen LogP contribution in [0.15, 0.2) is 0 Å². The Morgan fingerprint density at radius 1 is 0.634 bits per heavy atom. The SMILES string of the molecule is CCCCCCCCCCCCCCCC(=O)OCC(COC(C)=O)OC(=O)C(C)(C)CCCCCCCC(=O)O. The van der Waals surface area contributed by atoms with Crippen molar-refractivity contribution >= 4 is 23.9 Å². The molecule has 8 heteroatoms. The van der Waals surface area contributed by atoms with Crippen molar-refractivity contribution in [3.63, 3.8) is 0 Å². The molecule has 0 saturated carbocycles. The molecule has 0 amide bonds. The van der Waals surface area contributed by atoms with E-state index in [1.54, 1.807) is 0 Å². The van der Waals surface area contributed by atoms with E-state index >= 15 is 0 Å². The number of carboxylic acids is 1. The van der Waals surface area contributed by atoms with Crippen molar-refractivity contribution in [2.75, 3.05) is 13.2 Å². The lowest BCUT2D eigenvalue weighted by Crippen LogP contribution is -2.36. The van der Waals surface area contributed by atoms with Crippen molar-refractivity contribution in [3.05, 3.63) is 0 Å². The van der Waals surface area contributed by atoms with Crippen molar-refractivity contribution in [1.29, 1.82) is 0 Å². The van der Waals surface area contributed by atoms with Gasteiger partial charge in [0.1, 0.15) is 13.2 Å². The van der Waals surface area contributed by atoms with Gasteiger partial charge in [-0.05, 0) is 33.1 Å². The van der Waals surface area contributed by atoms with Gasteiger partial charge in [-0.25, -0.2) is 0 Å². The maximum Gasteiger partial charge on any atom is 0.312 e. The first-order chi connectivity index (χ1) is 19.6. The van der Waals surface area contributed by atoms with Crippen molar-refractivity contribution < 1.29 is 38.5 Å². The van der Waals surface area contributed by atoms with Crippen LogP contribution in [0, 0.1) is 5.41 Å². The Kier molecular flexibility index (Phi) is 24.3. The lowest BCUT2D eigenvalue weighted by atomic mass is 9.87. The van der Waals surface area contributed by atoms with Gasteiger partial charge >= 0.3 is 23.9 Å². The number of aliphatic carboxylic acids is 1. The first-order valence-corrected chi connectivity index (χ1v) is 16.3. The third-order valence-electron chi connectivity index (χ3n) is 7.41. The minimum Gasteiger partial charge on any atom is -0.481 e. The number of hydrogen-bond donors (Lipinski definition) is 1. The molecule has 0 bridgehead atoms. The van der Waals surface area contributed by atoms with Gasteiger partial charge in [-0.2, -0.15) is 0 Å². The van der Waals surface area contributed by atoms with Crippen LogP contribution in [0.5, 0.6) is 0 Å². The van der Waals surface area contributed by atoms with E-state index in [0.29, 0.717) is 19.3 Å². The van der Waals surface area contributed by atoms with Crippen LogP contribution in [0.3, 0.4) is 0 Å². The summed E-state index contributed by atoms with van der Waals surface area (Å²) in [5.41, 5.74) is -0.742. The fraction of sp³-hybridized carbons (Fsp3) is 0.879. The molecule has 41 heavy (non-hydrogen) atoms. The number of esters is 3. The average Bonchev–Trinajstić information content (AvgIpc) is 2.91. The number of ether oxygens (including phenoxy) is 3. The van der Waals surface area contributed by atoms with Crippen molar-refractivity contribution in [2.45, 2.75) is 169 Å². The molecular weight excluding hydrogens is 524 g/mol. The minimum absolute atomic E-state index is 0.143. The molecule has 0 rings (SSSR count). The fourth-order valence-corrected chi connectivity index (χ4v) is 4.66. The molecule has 0 aromatic heterocycles. The summed E-state index contributed by atoms with van der Waals surface area (Å²) in [6, 6.07) is 0. The molecule has 0 saturated heterocycles. The van der Waals surface area contributed by atoms with Gasteiger partial charge < -0.3 is 19.3 Å². The largest absolute Gasteiger partial charge is 0.481 e.